The summed E-state index contributed by atoms with van der Waals surface area (Å²) in [6.07, 6.45) is 1.81. The van der Waals surface area contributed by atoms with Crippen LogP contribution in [0.5, 0.6) is 0 Å². The molecular weight excluding hydrogens is 536 g/mol. The maximum absolute atomic E-state index is 9.30. The van der Waals surface area contributed by atoms with Crippen LogP contribution in [-0.2, 0) is 18.9 Å². The van der Waals surface area contributed by atoms with Crippen molar-refractivity contribution in [1.29, 1.82) is 0 Å². The number of ether oxygens (including phenoxy) is 4. The highest BCUT2D eigenvalue weighted by Gasteiger charge is 2.33. The first-order valence-corrected chi connectivity index (χ1v) is 14.9. The van der Waals surface area contributed by atoms with Crippen LogP contribution in [0.3, 0.4) is 0 Å². The van der Waals surface area contributed by atoms with Gasteiger partial charge >= 0.3 is 0 Å². The molecule has 11 heteroatoms. The molecule has 9 unspecified atom stereocenters. The summed E-state index contributed by atoms with van der Waals surface area (Å²) >= 11 is 0. The molecule has 0 amide bonds. The average molecular weight is 603 g/mol. The third-order valence-electron chi connectivity index (χ3n) is 8.65. The van der Waals surface area contributed by atoms with Gasteiger partial charge in [-0.3, -0.25) is 0 Å². The quantitative estimate of drug-likeness (QED) is 0.318. The molecule has 4 fully saturated rings. The van der Waals surface area contributed by atoms with Crippen LogP contribution >= 0.6 is 0 Å². The highest BCUT2D eigenvalue weighted by molar-refractivity contribution is 4.82. The first-order valence-electron chi connectivity index (χ1n) is 14.9. The van der Waals surface area contributed by atoms with Crippen molar-refractivity contribution >= 4 is 0 Å². The van der Waals surface area contributed by atoms with E-state index in [0.29, 0.717) is 31.2 Å². The largest absolute Gasteiger partial charge is 0.412 e. The molecule has 0 aliphatic carbocycles. The predicted octanol–water partition coefficient (Wildman–Crippen LogP) is 1.53. The number of hydrogen-bond acceptors (Lipinski definition) is 8. The molecule has 4 rings (SSSR count). The molecule has 0 spiro atoms. The molecule has 0 bridgehead atoms. The Kier molecular flexibility index (Phi) is 24.3. The second-order valence-corrected chi connectivity index (χ2v) is 12.7. The van der Waals surface area contributed by atoms with Crippen molar-refractivity contribution in [2.24, 2.45) is 35.5 Å². The van der Waals surface area contributed by atoms with E-state index in [4.69, 9.17) is 18.9 Å². The predicted molar refractivity (Wildman–Crippen MR) is 160 cm³/mol. The lowest BCUT2D eigenvalue weighted by Crippen LogP contribution is -2.47. The van der Waals surface area contributed by atoms with E-state index < -0.39 is 18.5 Å². The molecule has 10 N–H and O–H groups in total. The monoisotopic (exact) mass is 602 g/mol. The molecule has 4 aliphatic heterocycles. The van der Waals surface area contributed by atoms with Crippen molar-refractivity contribution in [3.63, 3.8) is 0 Å². The normalized spacial score (nSPS) is 43.8. The van der Waals surface area contributed by atoms with Crippen molar-refractivity contribution in [2.75, 3.05) is 19.8 Å². The molecule has 41 heavy (non-hydrogen) atoms. The Hall–Kier alpha value is -0.440. The van der Waals surface area contributed by atoms with E-state index >= 15 is 0 Å². The zero-order chi connectivity index (χ0) is 29.2. The van der Waals surface area contributed by atoms with E-state index in [1.54, 1.807) is 6.92 Å². The Morgan fingerprint density at radius 1 is 0.463 bits per heavy atom. The lowest BCUT2D eigenvalue weighted by molar-refractivity contribution is -0.199. The van der Waals surface area contributed by atoms with Gasteiger partial charge in [-0.1, -0.05) is 41.5 Å². The topological polar surface area (TPSA) is 212 Å². The third kappa shape index (κ3) is 16.3. The summed E-state index contributed by atoms with van der Waals surface area (Å²) in [5.74, 6) is 2.86. The molecule has 14 atom stereocenters. The van der Waals surface area contributed by atoms with Crippen molar-refractivity contribution in [3.05, 3.63) is 0 Å². The van der Waals surface area contributed by atoms with Gasteiger partial charge in [0.15, 0.2) is 6.29 Å². The zero-order valence-electron chi connectivity index (χ0n) is 27.2. The van der Waals surface area contributed by atoms with Crippen molar-refractivity contribution < 1.29 is 55.8 Å². The lowest BCUT2D eigenvalue weighted by Gasteiger charge is -2.34. The van der Waals surface area contributed by atoms with Crippen LogP contribution in [0.1, 0.15) is 88.5 Å². The van der Waals surface area contributed by atoms with E-state index in [1.807, 2.05) is 34.6 Å². The van der Waals surface area contributed by atoms with E-state index in [0.717, 1.165) is 31.3 Å². The van der Waals surface area contributed by atoms with E-state index in [1.165, 1.54) is 6.42 Å². The number of aliphatic hydroxyl groups excluding tert-OH is 4. The lowest BCUT2D eigenvalue weighted by atomic mass is 9.88. The molecule has 4 saturated heterocycles. The van der Waals surface area contributed by atoms with Gasteiger partial charge < -0.3 is 55.8 Å². The zero-order valence-corrected chi connectivity index (χ0v) is 27.2. The fourth-order valence-corrected chi connectivity index (χ4v) is 4.92. The van der Waals surface area contributed by atoms with Crippen LogP contribution in [0.25, 0.3) is 0 Å². The molecule has 11 nitrogen and oxygen atoms in total. The summed E-state index contributed by atoms with van der Waals surface area (Å²) in [5.41, 5.74) is 0. The summed E-state index contributed by atoms with van der Waals surface area (Å²) in [6, 6.07) is 0. The minimum Gasteiger partial charge on any atom is -0.412 e. The molecule has 4 heterocycles. The Morgan fingerprint density at radius 3 is 1.34 bits per heavy atom. The molecule has 0 aromatic rings. The van der Waals surface area contributed by atoms with Crippen LogP contribution in [0.15, 0.2) is 0 Å². The number of rotatable bonds is 0. The first-order chi connectivity index (χ1) is 17.6. The fraction of sp³-hybridized carbons (Fsp3) is 1.00. The summed E-state index contributed by atoms with van der Waals surface area (Å²) in [4.78, 5) is 0. The fourth-order valence-electron chi connectivity index (χ4n) is 4.92. The van der Waals surface area contributed by atoms with E-state index in [-0.39, 0.29) is 52.7 Å². The SMILES string of the molecule is CC1C[C@@H](C)C(C)C(O)O1.CC1C[C@@H](C)C(C)CO1.CC1C[C@@H](O)C(C)CO1.CC1OCC(C)[C@H](O)[C@@H]1O.O.O.O. The van der Waals surface area contributed by atoms with Gasteiger partial charge in [0.25, 0.3) is 0 Å². The van der Waals surface area contributed by atoms with Crippen LogP contribution in [-0.4, -0.2) is 106 Å². The van der Waals surface area contributed by atoms with Crippen molar-refractivity contribution in [3.8, 4) is 0 Å². The summed E-state index contributed by atoms with van der Waals surface area (Å²) in [6.45, 7) is 22.8. The second-order valence-electron chi connectivity index (χ2n) is 12.7. The maximum atomic E-state index is 9.30. The van der Waals surface area contributed by atoms with Gasteiger partial charge in [0.05, 0.1) is 49.8 Å². The third-order valence-corrected chi connectivity index (χ3v) is 8.65. The van der Waals surface area contributed by atoms with Gasteiger partial charge in [0.2, 0.25) is 0 Å². The molecule has 0 aromatic heterocycles. The van der Waals surface area contributed by atoms with Crippen LogP contribution in [0.4, 0.5) is 0 Å². The molecular formula is C30H66O11. The van der Waals surface area contributed by atoms with Crippen molar-refractivity contribution in [2.45, 2.75) is 138 Å². The minimum absolute atomic E-state index is 0. The number of hydrogen-bond donors (Lipinski definition) is 4. The summed E-state index contributed by atoms with van der Waals surface area (Å²) < 4.78 is 21.1. The summed E-state index contributed by atoms with van der Waals surface area (Å²) in [5, 5.41) is 37.1. The van der Waals surface area contributed by atoms with Crippen molar-refractivity contribution in [1.82, 2.24) is 0 Å². The van der Waals surface area contributed by atoms with Gasteiger partial charge in [-0.15, -0.1) is 0 Å². The highest BCUT2D eigenvalue weighted by Crippen LogP contribution is 2.28. The summed E-state index contributed by atoms with van der Waals surface area (Å²) in [7, 11) is 0. The maximum Gasteiger partial charge on any atom is 0.157 e. The van der Waals surface area contributed by atoms with Gasteiger partial charge in [-0.05, 0) is 64.7 Å². The highest BCUT2D eigenvalue weighted by atomic mass is 16.6. The molecule has 0 aromatic carbocycles. The minimum atomic E-state index is -0.719. The Labute approximate surface area is 248 Å². The van der Waals surface area contributed by atoms with E-state index in [9.17, 15) is 20.4 Å². The van der Waals surface area contributed by atoms with Gasteiger partial charge in [-0.25, -0.2) is 0 Å². The standard InChI is InChI=1S/C8H16O2.C8H16O.C7H14O3.C7H14O2.3H2O/c1-5-4-6(2)10-8(9)7(5)3;1-6-4-8(3)9-5-7(6)2;1-4-3-10-5(2)7(9)6(4)8;1-5-4-9-6(2)3-7(5)8;;;/h5-9H,4H2,1-3H3;6-8H,4-5H2,1-3H3;4-9H,3H2,1-2H3;5-8H,3-4H2,1-2H3;3*1H2/t5-,6?,7?,8?;6-,7?,8?;4?,5?,6-,7+;5?,6?,7-;;;/m1101.../s1. The van der Waals surface area contributed by atoms with E-state index in [2.05, 4.69) is 27.7 Å². The van der Waals surface area contributed by atoms with Gasteiger partial charge in [0, 0.05) is 24.4 Å². The second kappa shape index (κ2) is 22.1. The Morgan fingerprint density at radius 2 is 0.927 bits per heavy atom. The van der Waals surface area contributed by atoms with Gasteiger partial charge in [0.1, 0.15) is 6.10 Å². The molecule has 0 radical (unpaired) electrons. The molecule has 0 saturated carbocycles. The van der Waals surface area contributed by atoms with Crippen LogP contribution in [0, 0.1) is 35.5 Å². The molecule has 252 valence electrons. The Balaban J connectivity index is -0.000000459. The van der Waals surface area contributed by atoms with Crippen LogP contribution in [0.2, 0.25) is 0 Å². The van der Waals surface area contributed by atoms with Gasteiger partial charge in [-0.2, -0.15) is 0 Å². The smallest absolute Gasteiger partial charge is 0.157 e. The van der Waals surface area contributed by atoms with Crippen LogP contribution < -0.4 is 0 Å². The average Bonchev–Trinajstić information content (AvgIpc) is 2.85. The number of aliphatic hydroxyl groups is 4. The first kappa shape index (κ1) is 45.0. The Bertz CT molecular complexity index is 577. The molecule has 4 aliphatic rings.